The first kappa shape index (κ1) is 7.15. The third-order valence-corrected chi connectivity index (χ3v) is 1.17. The van der Waals surface area contributed by atoms with Crippen molar-refractivity contribution in [3.63, 3.8) is 0 Å². The average molecular weight is 137 g/mol. The minimum absolute atomic E-state index is 0.176. The van der Waals surface area contributed by atoms with Gasteiger partial charge in [0.25, 0.3) is 0 Å². The van der Waals surface area contributed by atoms with Crippen LogP contribution in [-0.4, -0.2) is 16.0 Å². The van der Waals surface area contributed by atoms with Gasteiger partial charge in [0.1, 0.15) is 6.33 Å². The van der Waals surface area contributed by atoms with Gasteiger partial charge in [0.05, 0.1) is 0 Å². The van der Waals surface area contributed by atoms with Gasteiger partial charge in [0, 0.05) is 24.4 Å². The lowest BCUT2D eigenvalue weighted by Gasteiger charge is -2.01. The largest absolute Gasteiger partial charge is 0.328 e. The number of nitrogens with two attached hydrogens (primary N) is 1. The monoisotopic (exact) mass is 137 g/mol. The van der Waals surface area contributed by atoms with Gasteiger partial charge < -0.3 is 5.73 Å². The maximum absolute atomic E-state index is 5.56. The van der Waals surface area contributed by atoms with Gasteiger partial charge in [0.15, 0.2) is 0 Å². The van der Waals surface area contributed by atoms with Crippen molar-refractivity contribution in [2.75, 3.05) is 0 Å². The molecule has 1 heterocycles. The van der Waals surface area contributed by atoms with Crippen molar-refractivity contribution in [2.45, 2.75) is 19.4 Å². The Morgan fingerprint density at radius 1 is 1.70 bits per heavy atom. The first-order chi connectivity index (χ1) is 4.79. The molecule has 3 nitrogen and oxygen atoms in total. The Balaban J connectivity index is 2.59. The van der Waals surface area contributed by atoms with E-state index in [1.807, 2.05) is 13.0 Å². The van der Waals surface area contributed by atoms with E-state index < -0.39 is 0 Å². The highest BCUT2D eigenvalue weighted by molar-refractivity contribution is 4.99. The number of hydrogen-bond acceptors (Lipinski definition) is 3. The number of rotatable bonds is 2. The lowest BCUT2D eigenvalue weighted by Crippen LogP contribution is -2.18. The van der Waals surface area contributed by atoms with Crippen molar-refractivity contribution in [2.24, 2.45) is 5.73 Å². The Labute approximate surface area is 60.3 Å². The molecule has 0 aliphatic rings. The van der Waals surface area contributed by atoms with Crippen LogP contribution in [0.2, 0.25) is 0 Å². The van der Waals surface area contributed by atoms with Crippen LogP contribution < -0.4 is 5.73 Å². The summed E-state index contributed by atoms with van der Waals surface area (Å²) in [6.07, 6.45) is 4.09. The predicted octanol–water partition coefficient (Wildman–Crippen LogP) is 0.366. The van der Waals surface area contributed by atoms with Crippen LogP contribution in [0.4, 0.5) is 0 Å². The molecule has 0 saturated heterocycles. The van der Waals surface area contributed by atoms with E-state index in [0.29, 0.717) is 0 Å². The molecular weight excluding hydrogens is 126 g/mol. The molecule has 1 unspecified atom stereocenters. The highest BCUT2D eigenvalue weighted by atomic mass is 14.8. The predicted molar refractivity (Wildman–Crippen MR) is 39.4 cm³/mol. The number of aromatic nitrogens is 2. The Morgan fingerprint density at radius 2 is 2.50 bits per heavy atom. The van der Waals surface area contributed by atoms with E-state index >= 15 is 0 Å². The Morgan fingerprint density at radius 3 is 3.00 bits per heavy atom. The van der Waals surface area contributed by atoms with Crippen molar-refractivity contribution in [1.29, 1.82) is 0 Å². The maximum Gasteiger partial charge on any atom is 0.115 e. The van der Waals surface area contributed by atoms with E-state index in [0.717, 1.165) is 12.1 Å². The topological polar surface area (TPSA) is 51.8 Å². The second-order valence-electron chi connectivity index (χ2n) is 2.38. The van der Waals surface area contributed by atoms with Crippen LogP contribution in [0.25, 0.3) is 0 Å². The molecule has 1 rings (SSSR count). The van der Waals surface area contributed by atoms with E-state index in [4.69, 9.17) is 5.73 Å². The van der Waals surface area contributed by atoms with E-state index in [2.05, 4.69) is 9.97 Å². The number of hydrogen-bond donors (Lipinski definition) is 1. The molecule has 0 fully saturated rings. The van der Waals surface area contributed by atoms with Crippen LogP contribution >= 0.6 is 0 Å². The lowest BCUT2D eigenvalue weighted by atomic mass is 10.2. The van der Waals surface area contributed by atoms with Gasteiger partial charge in [0.2, 0.25) is 0 Å². The molecule has 0 radical (unpaired) electrons. The zero-order valence-corrected chi connectivity index (χ0v) is 5.99. The van der Waals surface area contributed by atoms with Gasteiger partial charge in [-0.1, -0.05) is 0 Å². The van der Waals surface area contributed by atoms with Gasteiger partial charge in [-0.3, -0.25) is 0 Å². The molecule has 2 N–H and O–H groups in total. The zero-order chi connectivity index (χ0) is 7.40. The highest BCUT2D eigenvalue weighted by Crippen LogP contribution is 1.94. The van der Waals surface area contributed by atoms with Crippen molar-refractivity contribution < 1.29 is 0 Å². The highest BCUT2D eigenvalue weighted by Gasteiger charge is 1.96. The van der Waals surface area contributed by atoms with Crippen LogP contribution in [0.1, 0.15) is 12.6 Å². The summed E-state index contributed by atoms with van der Waals surface area (Å²) in [6, 6.07) is 2.05. The summed E-state index contributed by atoms with van der Waals surface area (Å²) in [7, 11) is 0. The molecule has 1 aromatic rings. The smallest absolute Gasteiger partial charge is 0.115 e. The molecule has 10 heavy (non-hydrogen) atoms. The van der Waals surface area contributed by atoms with Gasteiger partial charge in [-0.05, 0) is 13.0 Å². The molecular formula is C7H11N3. The second-order valence-corrected chi connectivity index (χ2v) is 2.38. The molecule has 0 aromatic carbocycles. The average Bonchev–Trinajstić information content (AvgIpc) is 1.88. The third kappa shape index (κ3) is 2.11. The summed E-state index contributed by atoms with van der Waals surface area (Å²) in [5.41, 5.74) is 6.57. The molecule has 0 spiro atoms. The first-order valence-electron chi connectivity index (χ1n) is 3.29. The molecule has 54 valence electrons. The summed E-state index contributed by atoms with van der Waals surface area (Å²) < 4.78 is 0. The lowest BCUT2D eigenvalue weighted by molar-refractivity contribution is 0.719. The summed E-state index contributed by atoms with van der Waals surface area (Å²) >= 11 is 0. The summed E-state index contributed by atoms with van der Waals surface area (Å²) in [4.78, 5) is 7.83. The second kappa shape index (κ2) is 3.27. The third-order valence-electron chi connectivity index (χ3n) is 1.17. The summed E-state index contributed by atoms with van der Waals surface area (Å²) in [5, 5.41) is 0. The normalized spacial score (nSPS) is 13.0. The molecule has 1 aromatic heterocycles. The summed E-state index contributed by atoms with van der Waals surface area (Å²) in [5.74, 6) is 0. The van der Waals surface area contributed by atoms with Crippen molar-refractivity contribution in [3.05, 3.63) is 24.3 Å². The Kier molecular flexibility index (Phi) is 2.34. The van der Waals surface area contributed by atoms with Gasteiger partial charge in [-0.25, -0.2) is 9.97 Å². The van der Waals surface area contributed by atoms with Crippen molar-refractivity contribution in [1.82, 2.24) is 9.97 Å². The first-order valence-corrected chi connectivity index (χ1v) is 3.29. The molecule has 0 aliphatic heterocycles. The minimum atomic E-state index is 0.176. The fourth-order valence-electron chi connectivity index (χ4n) is 0.769. The molecule has 0 amide bonds. The van der Waals surface area contributed by atoms with Gasteiger partial charge in [-0.2, -0.15) is 0 Å². The van der Waals surface area contributed by atoms with Crippen molar-refractivity contribution in [3.8, 4) is 0 Å². The fourth-order valence-corrected chi connectivity index (χ4v) is 0.769. The number of nitrogens with zero attached hydrogens (tertiary/aromatic N) is 2. The SMILES string of the molecule is CC(N)Cc1ccncn1. The maximum atomic E-state index is 5.56. The quantitative estimate of drug-likeness (QED) is 0.640. The molecule has 0 saturated carbocycles. The molecule has 1 atom stereocenters. The Hall–Kier alpha value is -0.960. The summed E-state index contributed by atoms with van der Waals surface area (Å²) in [6.45, 7) is 1.96. The molecule has 0 bridgehead atoms. The van der Waals surface area contributed by atoms with E-state index in [1.54, 1.807) is 6.20 Å². The van der Waals surface area contributed by atoms with E-state index in [1.165, 1.54) is 6.33 Å². The fraction of sp³-hybridized carbons (Fsp3) is 0.429. The molecule has 3 heteroatoms. The zero-order valence-electron chi connectivity index (χ0n) is 5.99. The van der Waals surface area contributed by atoms with Crippen molar-refractivity contribution >= 4 is 0 Å². The van der Waals surface area contributed by atoms with Crippen LogP contribution in [0, 0.1) is 0 Å². The standard InChI is InChI=1S/C7H11N3/c1-6(8)4-7-2-3-9-5-10-7/h2-3,5-6H,4,8H2,1H3. The van der Waals surface area contributed by atoms with Crippen LogP contribution in [0.5, 0.6) is 0 Å². The van der Waals surface area contributed by atoms with E-state index in [9.17, 15) is 0 Å². The van der Waals surface area contributed by atoms with E-state index in [-0.39, 0.29) is 6.04 Å². The van der Waals surface area contributed by atoms with Crippen LogP contribution in [-0.2, 0) is 6.42 Å². The van der Waals surface area contributed by atoms with Crippen LogP contribution in [0.3, 0.4) is 0 Å². The van der Waals surface area contributed by atoms with Gasteiger partial charge in [-0.15, -0.1) is 0 Å². The minimum Gasteiger partial charge on any atom is -0.328 e. The molecule has 0 aliphatic carbocycles. The van der Waals surface area contributed by atoms with Crippen LogP contribution in [0.15, 0.2) is 18.6 Å². The Bertz CT molecular complexity index is 183. The van der Waals surface area contributed by atoms with Gasteiger partial charge >= 0.3 is 0 Å².